The lowest BCUT2D eigenvalue weighted by molar-refractivity contribution is -0.117. The molecule has 1 amide bonds. The Morgan fingerprint density at radius 3 is 2.85 bits per heavy atom. The second-order valence-electron chi connectivity index (χ2n) is 4.88. The summed E-state index contributed by atoms with van der Waals surface area (Å²) in [7, 11) is -3.60. The van der Waals surface area contributed by atoms with Gasteiger partial charge < -0.3 is 0 Å². The molecule has 1 atom stereocenters. The molecule has 0 radical (unpaired) electrons. The van der Waals surface area contributed by atoms with E-state index < -0.39 is 10.0 Å². The Balaban J connectivity index is 2.22. The number of amides is 1. The first-order valence-corrected chi connectivity index (χ1v) is 7.69. The Labute approximate surface area is 117 Å². The first-order valence-electron chi connectivity index (χ1n) is 5.98. The van der Waals surface area contributed by atoms with E-state index in [1.54, 1.807) is 13.0 Å². The van der Waals surface area contributed by atoms with Crippen molar-refractivity contribution >= 4 is 21.7 Å². The second kappa shape index (κ2) is 5.19. The number of hydrogen-bond donors (Lipinski definition) is 1. The molecule has 1 aromatic heterocycles. The van der Waals surface area contributed by atoms with Crippen LogP contribution in [-0.4, -0.2) is 31.6 Å². The highest BCUT2D eigenvalue weighted by Gasteiger charge is 2.34. The van der Waals surface area contributed by atoms with Gasteiger partial charge in [0, 0.05) is 25.1 Å². The zero-order chi connectivity index (χ0) is 14.9. The standard InChI is InChI=1S/C12H14N4O3S/c1-8-2-9(4-13)5-15-12(8)16-6-10(3-11(16)17)7-20(14,18)19/h2,5,10H,3,6-7H2,1H3,(H2,14,18,19). The van der Waals surface area contributed by atoms with Gasteiger partial charge in [-0.25, -0.2) is 18.5 Å². The molecule has 106 valence electrons. The van der Waals surface area contributed by atoms with Gasteiger partial charge >= 0.3 is 0 Å². The van der Waals surface area contributed by atoms with E-state index in [4.69, 9.17) is 10.4 Å². The molecule has 7 nitrogen and oxygen atoms in total. The molecule has 1 saturated heterocycles. The second-order valence-corrected chi connectivity index (χ2v) is 6.54. The van der Waals surface area contributed by atoms with Crippen LogP contribution in [-0.2, 0) is 14.8 Å². The lowest BCUT2D eigenvalue weighted by Crippen LogP contribution is -2.28. The fourth-order valence-corrected chi connectivity index (χ4v) is 3.22. The fraction of sp³-hybridized carbons (Fsp3) is 0.417. The number of rotatable bonds is 3. The Morgan fingerprint density at radius 1 is 1.60 bits per heavy atom. The topological polar surface area (TPSA) is 117 Å². The van der Waals surface area contributed by atoms with Crippen molar-refractivity contribution in [3.05, 3.63) is 23.4 Å². The largest absolute Gasteiger partial charge is 0.296 e. The molecule has 1 aromatic rings. The zero-order valence-corrected chi connectivity index (χ0v) is 11.7. The van der Waals surface area contributed by atoms with E-state index in [2.05, 4.69) is 4.98 Å². The van der Waals surface area contributed by atoms with E-state index >= 15 is 0 Å². The molecule has 1 fully saturated rings. The molecule has 1 unspecified atom stereocenters. The molecule has 0 bridgehead atoms. The van der Waals surface area contributed by atoms with Gasteiger partial charge in [-0.15, -0.1) is 0 Å². The molecule has 2 heterocycles. The van der Waals surface area contributed by atoms with Crippen molar-refractivity contribution in [1.82, 2.24) is 4.98 Å². The number of carbonyl (C=O) groups is 1. The minimum Gasteiger partial charge on any atom is -0.296 e. The summed E-state index contributed by atoms with van der Waals surface area (Å²) >= 11 is 0. The summed E-state index contributed by atoms with van der Waals surface area (Å²) in [6.07, 6.45) is 1.53. The smallest absolute Gasteiger partial charge is 0.228 e. The van der Waals surface area contributed by atoms with Gasteiger partial charge in [0.1, 0.15) is 11.9 Å². The fourth-order valence-electron chi connectivity index (χ4n) is 2.34. The molecule has 2 rings (SSSR count). The quantitative estimate of drug-likeness (QED) is 0.835. The lowest BCUT2D eigenvalue weighted by Gasteiger charge is -2.17. The number of primary sulfonamides is 1. The van der Waals surface area contributed by atoms with Gasteiger partial charge in [-0.3, -0.25) is 9.69 Å². The first kappa shape index (κ1) is 14.4. The Hall–Kier alpha value is -1.98. The summed E-state index contributed by atoms with van der Waals surface area (Å²) in [6, 6.07) is 3.62. The van der Waals surface area contributed by atoms with E-state index in [-0.39, 0.29) is 30.5 Å². The van der Waals surface area contributed by atoms with Crippen molar-refractivity contribution in [3.8, 4) is 6.07 Å². The zero-order valence-electron chi connectivity index (χ0n) is 10.9. The van der Waals surface area contributed by atoms with Crippen LogP contribution in [0, 0.1) is 24.2 Å². The summed E-state index contributed by atoms with van der Waals surface area (Å²) < 4.78 is 22.2. The highest BCUT2D eigenvalue weighted by atomic mass is 32.2. The summed E-state index contributed by atoms with van der Waals surface area (Å²) in [5.74, 6) is -0.260. The van der Waals surface area contributed by atoms with Gasteiger partial charge in [0.15, 0.2) is 0 Å². The minimum atomic E-state index is -3.60. The third-order valence-electron chi connectivity index (χ3n) is 3.11. The van der Waals surface area contributed by atoms with E-state index in [1.807, 2.05) is 6.07 Å². The molecule has 0 aliphatic carbocycles. The van der Waals surface area contributed by atoms with Crippen LogP contribution in [0.25, 0.3) is 0 Å². The van der Waals surface area contributed by atoms with Crippen LogP contribution < -0.4 is 10.0 Å². The van der Waals surface area contributed by atoms with E-state index in [0.717, 1.165) is 0 Å². The summed E-state index contributed by atoms with van der Waals surface area (Å²) in [5, 5.41) is 13.8. The average molecular weight is 294 g/mol. The monoisotopic (exact) mass is 294 g/mol. The number of pyridine rings is 1. The first-order chi connectivity index (χ1) is 9.30. The Bertz CT molecular complexity index is 693. The van der Waals surface area contributed by atoms with Crippen molar-refractivity contribution in [2.24, 2.45) is 11.1 Å². The number of nitrogens with two attached hydrogens (primary N) is 1. The van der Waals surface area contributed by atoms with Gasteiger partial charge in [-0.1, -0.05) is 0 Å². The molecule has 20 heavy (non-hydrogen) atoms. The molecular weight excluding hydrogens is 280 g/mol. The number of nitrogens with zero attached hydrogens (tertiary/aromatic N) is 3. The molecule has 1 aliphatic heterocycles. The number of nitriles is 1. The minimum absolute atomic E-state index is 0.136. The van der Waals surface area contributed by atoms with Crippen LogP contribution in [0.15, 0.2) is 12.3 Å². The third kappa shape index (κ3) is 3.12. The average Bonchev–Trinajstić information content (AvgIpc) is 2.67. The van der Waals surface area contributed by atoms with Crippen molar-refractivity contribution in [2.45, 2.75) is 13.3 Å². The lowest BCUT2D eigenvalue weighted by atomic mass is 10.1. The van der Waals surface area contributed by atoms with Crippen molar-refractivity contribution in [2.75, 3.05) is 17.2 Å². The Morgan fingerprint density at radius 2 is 2.30 bits per heavy atom. The Kier molecular flexibility index (Phi) is 3.74. The number of hydrogen-bond acceptors (Lipinski definition) is 5. The summed E-state index contributed by atoms with van der Waals surface area (Å²) in [6.45, 7) is 2.03. The van der Waals surface area contributed by atoms with E-state index in [0.29, 0.717) is 16.9 Å². The maximum absolute atomic E-state index is 12.0. The number of aromatic nitrogens is 1. The van der Waals surface area contributed by atoms with Gasteiger partial charge in [0.25, 0.3) is 0 Å². The number of sulfonamides is 1. The van der Waals surface area contributed by atoms with Crippen LogP contribution in [0.1, 0.15) is 17.5 Å². The maximum Gasteiger partial charge on any atom is 0.228 e. The number of carbonyl (C=O) groups excluding carboxylic acids is 1. The maximum atomic E-state index is 12.0. The van der Waals surface area contributed by atoms with Crippen LogP contribution in [0.2, 0.25) is 0 Å². The van der Waals surface area contributed by atoms with Crippen LogP contribution in [0.3, 0.4) is 0 Å². The molecule has 0 aromatic carbocycles. The van der Waals surface area contributed by atoms with Crippen LogP contribution in [0.4, 0.5) is 5.82 Å². The van der Waals surface area contributed by atoms with E-state index in [9.17, 15) is 13.2 Å². The van der Waals surface area contributed by atoms with Crippen molar-refractivity contribution < 1.29 is 13.2 Å². The summed E-state index contributed by atoms with van der Waals surface area (Å²) in [5.41, 5.74) is 1.12. The SMILES string of the molecule is Cc1cc(C#N)cnc1N1CC(CS(N)(=O)=O)CC1=O. The molecule has 0 saturated carbocycles. The van der Waals surface area contributed by atoms with Gasteiger partial charge in [-0.05, 0) is 18.6 Å². The normalized spacial score (nSPS) is 19.1. The predicted molar refractivity (Wildman–Crippen MR) is 72.1 cm³/mol. The van der Waals surface area contributed by atoms with Crippen molar-refractivity contribution in [1.29, 1.82) is 5.26 Å². The van der Waals surface area contributed by atoms with Gasteiger partial charge in [0.2, 0.25) is 15.9 Å². The highest BCUT2D eigenvalue weighted by Crippen LogP contribution is 2.26. The van der Waals surface area contributed by atoms with Crippen LogP contribution >= 0.6 is 0 Å². The number of anilines is 1. The molecule has 2 N–H and O–H groups in total. The summed E-state index contributed by atoms with van der Waals surface area (Å²) in [4.78, 5) is 17.5. The molecule has 0 spiro atoms. The van der Waals surface area contributed by atoms with Crippen molar-refractivity contribution in [3.63, 3.8) is 0 Å². The highest BCUT2D eigenvalue weighted by molar-refractivity contribution is 7.89. The third-order valence-corrected chi connectivity index (χ3v) is 4.04. The molecule has 8 heteroatoms. The van der Waals surface area contributed by atoms with Gasteiger partial charge in [0.05, 0.1) is 11.3 Å². The predicted octanol–water partition coefficient (Wildman–Crippen LogP) is -0.0969. The molecule has 1 aliphatic rings. The van der Waals surface area contributed by atoms with Crippen LogP contribution in [0.5, 0.6) is 0 Å². The van der Waals surface area contributed by atoms with Gasteiger partial charge in [-0.2, -0.15) is 5.26 Å². The number of aryl methyl sites for hydroxylation is 1. The van der Waals surface area contributed by atoms with E-state index in [1.165, 1.54) is 11.1 Å². The molecular formula is C12H14N4O3S.